The van der Waals surface area contributed by atoms with E-state index in [1.54, 1.807) is 0 Å². The maximum absolute atomic E-state index is 5.43. The van der Waals surface area contributed by atoms with Gasteiger partial charge in [0.1, 0.15) is 24.2 Å². The molecule has 3 aliphatic heterocycles. The Morgan fingerprint density at radius 3 is 1.00 bits per heavy atom. The van der Waals surface area contributed by atoms with E-state index in [1.165, 1.54) is 172 Å². The van der Waals surface area contributed by atoms with Crippen LogP contribution in [0.25, 0.3) is 243 Å². The molecule has 31 rings (SSSR count). The molecule has 4 aliphatic rings. The predicted octanol–water partition coefficient (Wildman–Crippen LogP) is 30.9. The highest BCUT2D eigenvalue weighted by molar-refractivity contribution is 7.26. The second-order valence-electron chi connectivity index (χ2n) is 42.2. The molecule has 1 aliphatic carbocycles. The van der Waals surface area contributed by atoms with Crippen LogP contribution in [0.2, 0.25) is 39.3 Å². The van der Waals surface area contributed by atoms with Crippen molar-refractivity contribution in [1.29, 1.82) is 0 Å². The minimum absolute atomic E-state index is 0.109. The number of thiophene rings is 1. The molecule has 0 unspecified atom stereocenters. The zero-order chi connectivity index (χ0) is 99.6. The Morgan fingerprint density at radius 1 is 0.221 bits per heavy atom. The van der Waals surface area contributed by atoms with Crippen molar-refractivity contribution in [3.8, 4) is 136 Å². The van der Waals surface area contributed by atoms with Crippen LogP contribution in [0.15, 0.2) is 449 Å². The molecule has 14 heteroatoms. The maximum Gasteiger partial charge on any atom is 0.160 e. The Labute approximate surface area is 869 Å². The molecule has 706 valence electrons. The van der Waals surface area contributed by atoms with Crippen molar-refractivity contribution in [3.63, 3.8) is 0 Å². The molecule has 0 N–H and O–H groups in total. The van der Waals surface area contributed by atoms with Gasteiger partial charge in [-0.15, -0.1) is 11.3 Å². The van der Waals surface area contributed by atoms with Crippen molar-refractivity contribution in [2.75, 3.05) is 0 Å². The molecule has 0 saturated heterocycles. The molecule has 0 saturated carbocycles. The largest absolute Gasteiger partial charge is 0.309 e. The molecule has 10 nitrogen and oxygen atoms in total. The number of hydrogen-bond donors (Lipinski definition) is 0. The predicted molar refractivity (Wildman–Crippen MR) is 633 cm³/mol. The lowest BCUT2D eigenvalue weighted by Gasteiger charge is -2.22. The number of aromatic nitrogens is 10. The zero-order valence-corrected chi connectivity index (χ0v) is 87.4. The standard InChI is InChI=1S/C48H34N4Si.C45H35N3Si.C42H29N3SSi/c1-53(2)42-27-14-11-24-38(42)45-47(53)44(31-16-5-3-6-17-31)49-48(50-45)32-18-15-21-34(30-32)51-40-26-13-10-23-37(40)43-41(51)29-28-36-35-22-9-12-25-39(35)52(46(36)43)33-19-7-4-8-20-33;1-45(2)35-22-11-8-19-31(35)32-25-26-37-39(40(32)45)33-20-9-12-23-36(33)48(37)30-18-14-17-29(27-30)44-46-41(28-15-6-5-7-16-28)43-42(47-44)34-21-10-13-24-38(34)49(43,3)4;1-47(2)36-22-11-8-19-32(36)39-41(47)38(26-13-4-3-5-14-26)43-42(44-39)27-15-12-16-28(25-27)45-33-20-9-6-18-31(33)37-34(45)24-23-30-29-17-7-10-21-35(29)46-40(30)37/h3-30H,1-2H3;5-27H,1-4H3;3-25H,1-2H3. The summed E-state index contributed by atoms with van der Waals surface area (Å²) in [4.78, 5) is 32.4. The van der Waals surface area contributed by atoms with Gasteiger partial charge >= 0.3 is 0 Å². The Kier molecular flexibility index (Phi) is 19.8. The van der Waals surface area contributed by atoms with Crippen molar-refractivity contribution in [3.05, 3.63) is 460 Å². The Morgan fingerprint density at radius 2 is 0.544 bits per heavy atom. The average Bonchev–Trinajstić information content (AvgIpc) is 1.50. The first-order chi connectivity index (χ1) is 73.0. The van der Waals surface area contributed by atoms with E-state index in [1.807, 2.05) is 11.3 Å². The Hall–Kier alpha value is -17.5. The number of para-hydroxylation sites is 5. The van der Waals surface area contributed by atoms with Gasteiger partial charge in [0.2, 0.25) is 0 Å². The highest BCUT2D eigenvalue weighted by Crippen LogP contribution is 2.55. The SMILES string of the molecule is CC1(C)c2ccccc2-c2ccc3c(c21)c1ccccc1n3-c1cccc(-c2nc(-c3ccccc3)c3c(n2)-c2ccccc2[Si]3(C)C)c1.C[Si]1(C)c2ccccc2-c2nc(-c3cccc(-n4c5ccccc5c5c4ccc4c6ccccc6n(-c6ccccc6)c45)c3)nc(-c3ccccc3)c21.C[Si]1(C)c2ccccc2-c2nc(-c3cccc(-n4c5ccccc5c5c6sc7ccccc7c6ccc54)c3)nc(-c3ccccc3)c21. The molecular weight excluding hydrogens is 1880 g/mol. The van der Waals surface area contributed by atoms with E-state index in [9.17, 15) is 0 Å². The van der Waals surface area contributed by atoms with Gasteiger partial charge in [0, 0.05) is 125 Å². The van der Waals surface area contributed by atoms with Crippen molar-refractivity contribution in [2.24, 2.45) is 0 Å². The van der Waals surface area contributed by atoms with Crippen LogP contribution in [0.3, 0.4) is 0 Å². The van der Waals surface area contributed by atoms with Crippen molar-refractivity contribution < 1.29 is 0 Å². The van der Waals surface area contributed by atoms with Crippen LogP contribution < -0.4 is 31.1 Å². The number of nitrogens with zero attached hydrogens (tertiary/aromatic N) is 10. The molecule has 8 aromatic heterocycles. The van der Waals surface area contributed by atoms with E-state index in [0.717, 1.165) is 113 Å². The number of rotatable bonds is 10. The third kappa shape index (κ3) is 13.3. The summed E-state index contributed by atoms with van der Waals surface area (Å²) >= 11 is 1.89. The van der Waals surface area contributed by atoms with Gasteiger partial charge in [0.15, 0.2) is 17.5 Å². The van der Waals surface area contributed by atoms with Crippen LogP contribution in [0.1, 0.15) is 25.0 Å². The molecule has 19 aromatic carbocycles. The summed E-state index contributed by atoms with van der Waals surface area (Å²) in [6.07, 6.45) is 0. The molecule has 149 heavy (non-hydrogen) atoms. The van der Waals surface area contributed by atoms with Gasteiger partial charge in [0.05, 0.1) is 78.3 Å². The Balaban J connectivity index is 0.000000105. The van der Waals surface area contributed by atoms with E-state index in [2.05, 4.69) is 520 Å². The minimum atomic E-state index is -2.04. The second-order valence-corrected chi connectivity index (χ2v) is 56.1. The van der Waals surface area contributed by atoms with Crippen LogP contribution in [0.5, 0.6) is 0 Å². The fourth-order valence-electron chi connectivity index (χ4n) is 25.8. The van der Waals surface area contributed by atoms with Gasteiger partial charge in [-0.25, -0.2) is 29.9 Å². The van der Waals surface area contributed by atoms with Crippen LogP contribution in [-0.4, -0.2) is 72.4 Å². The fourth-order valence-corrected chi connectivity index (χ4v) is 36.7. The molecule has 0 amide bonds. The van der Waals surface area contributed by atoms with Crippen LogP contribution in [0.4, 0.5) is 0 Å². The van der Waals surface area contributed by atoms with Crippen molar-refractivity contribution in [1.82, 2.24) is 48.2 Å². The van der Waals surface area contributed by atoms with E-state index < -0.39 is 24.2 Å². The lowest BCUT2D eigenvalue weighted by atomic mass is 9.80. The number of fused-ring (bicyclic) bond motifs is 30. The third-order valence-corrected chi connectivity index (χ3v) is 44.1. The minimum Gasteiger partial charge on any atom is -0.309 e. The highest BCUT2D eigenvalue weighted by atomic mass is 32.1. The van der Waals surface area contributed by atoms with E-state index in [4.69, 9.17) is 29.9 Å². The monoisotopic (exact) mass is 1970 g/mol. The summed E-state index contributed by atoms with van der Waals surface area (Å²) < 4.78 is 12.4. The quantitative estimate of drug-likeness (QED) is 0.127. The zero-order valence-electron chi connectivity index (χ0n) is 83.6. The van der Waals surface area contributed by atoms with Gasteiger partial charge in [-0.2, -0.15) is 0 Å². The molecule has 0 spiro atoms. The van der Waals surface area contributed by atoms with E-state index in [-0.39, 0.29) is 5.41 Å². The first-order valence-corrected chi connectivity index (χ1v) is 61.4. The van der Waals surface area contributed by atoms with Gasteiger partial charge in [0.25, 0.3) is 0 Å². The molecule has 0 radical (unpaired) electrons. The fraction of sp³-hybridized carbons (Fsp3) is 0.0667. The molecular formula is C135H98N10SSi3. The van der Waals surface area contributed by atoms with E-state index in [0.29, 0.717) is 0 Å². The lowest BCUT2D eigenvalue weighted by molar-refractivity contribution is 0.666. The summed E-state index contributed by atoms with van der Waals surface area (Å²) in [5.41, 5.74) is 36.1. The second kappa shape index (κ2) is 33.5. The summed E-state index contributed by atoms with van der Waals surface area (Å²) in [6, 6.07) is 162. The normalized spacial score (nSPS) is 13.9. The number of benzene rings is 19. The van der Waals surface area contributed by atoms with Crippen molar-refractivity contribution in [2.45, 2.75) is 58.5 Å². The summed E-state index contributed by atoms with van der Waals surface area (Å²) in [6.45, 7) is 19.4. The maximum atomic E-state index is 5.43. The molecule has 0 atom stereocenters. The lowest BCUT2D eigenvalue weighted by Crippen LogP contribution is -2.50. The average molecular weight is 1980 g/mol. The van der Waals surface area contributed by atoms with Gasteiger partial charge in [-0.3, -0.25) is 0 Å². The van der Waals surface area contributed by atoms with Crippen LogP contribution in [0, 0.1) is 0 Å². The topological polar surface area (TPSA) is 97.1 Å². The number of hydrogen-bond acceptors (Lipinski definition) is 7. The third-order valence-electron chi connectivity index (χ3n) is 32.4. The molecule has 0 fully saturated rings. The molecule has 0 bridgehead atoms. The van der Waals surface area contributed by atoms with Crippen LogP contribution in [-0.2, 0) is 5.41 Å². The van der Waals surface area contributed by atoms with Crippen LogP contribution >= 0.6 is 11.3 Å². The molecule has 11 heterocycles. The Bertz CT molecular complexity index is 10300. The van der Waals surface area contributed by atoms with Gasteiger partial charge in [-0.1, -0.05) is 405 Å². The highest BCUT2D eigenvalue weighted by Gasteiger charge is 2.46. The molecule has 27 aromatic rings. The summed E-state index contributed by atoms with van der Waals surface area (Å²) in [5.74, 6) is 2.27. The van der Waals surface area contributed by atoms with Crippen molar-refractivity contribution >= 4 is 174 Å². The van der Waals surface area contributed by atoms with E-state index >= 15 is 0 Å². The first-order valence-electron chi connectivity index (χ1n) is 51.6. The summed E-state index contributed by atoms with van der Waals surface area (Å²) in [5, 5.41) is 21.1. The smallest absolute Gasteiger partial charge is 0.160 e. The summed E-state index contributed by atoms with van der Waals surface area (Å²) in [7, 11) is -6.08. The van der Waals surface area contributed by atoms with Gasteiger partial charge < -0.3 is 18.3 Å². The first kappa shape index (κ1) is 88.0. The van der Waals surface area contributed by atoms with Gasteiger partial charge in [-0.05, 0) is 167 Å².